The van der Waals surface area contributed by atoms with Crippen molar-refractivity contribution < 1.29 is 14.3 Å². The third-order valence-electron chi connectivity index (χ3n) is 5.94. The molecule has 3 amide bonds. The number of nitrogens with zero attached hydrogens (tertiary/aromatic N) is 3. The van der Waals surface area contributed by atoms with Crippen molar-refractivity contribution in [1.29, 1.82) is 0 Å². The number of carbonyl (C=O) groups excluding carboxylic acids is 2. The van der Waals surface area contributed by atoms with E-state index >= 15 is 0 Å². The van der Waals surface area contributed by atoms with Crippen molar-refractivity contribution in [2.75, 3.05) is 23.7 Å². The number of fused-ring (bicyclic) bond motifs is 1. The van der Waals surface area contributed by atoms with E-state index in [1.165, 1.54) is 0 Å². The molecule has 1 saturated heterocycles. The molecule has 35 heavy (non-hydrogen) atoms. The second kappa shape index (κ2) is 9.89. The van der Waals surface area contributed by atoms with Gasteiger partial charge in [0.1, 0.15) is 18.0 Å². The molecule has 1 aliphatic rings. The van der Waals surface area contributed by atoms with Gasteiger partial charge in [-0.05, 0) is 61.7 Å². The Balaban J connectivity index is 1.24. The van der Waals surface area contributed by atoms with Gasteiger partial charge in [-0.1, -0.05) is 24.3 Å². The number of aryl methyl sites for hydroxylation is 1. The molecule has 8 nitrogen and oxygen atoms in total. The first-order chi connectivity index (χ1) is 17.0. The average Bonchev–Trinajstić information content (AvgIpc) is 3.54. The zero-order valence-corrected chi connectivity index (χ0v) is 19.5. The van der Waals surface area contributed by atoms with Gasteiger partial charge in [0.05, 0.1) is 17.1 Å². The molecular formula is C27H27N5O3. The van der Waals surface area contributed by atoms with Crippen LogP contribution in [0.2, 0.25) is 0 Å². The molecule has 0 saturated carbocycles. The molecule has 0 atom stereocenters. The Bertz CT molecular complexity index is 1370. The van der Waals surface area contributed by atoms with Crippen molar-refractivity contribution in [1.82, 2.24) is 14.3 Å². The second-order valence-electron chi connectivity index (χ2n) is 8.64. The number of para-hydroxylation sites is 2. The summed E-state index contributed by atoms with van der Waals surface area (Å²) in [5, 5.41) is 5.82. The number of rotatable bonds is 6. The average molecular weight is 470 g/mol. The van der Waals surface area contributed by atoms with Crippen molar-refractivity contribution in [2.45, 2.75) is 26.4 Å². The summed E-state index contributed by atoms with van der Waals surface area (Å²) in [6, 6.07) is 18.0. The van der Waals surface area contributed by atoms with Crippen LogP contribution in [0.3, 0.4) is 0 Å². The largest absolute Gasteiger partial charge is 0.487 e. The van der Waals surface area contributed by atoms with Crippen LogP contribution in [-0.2, 0) is 6.61 Å². The summed E-state index contributed by atoms with van der Waals surface area (Å²) in [7, 11) is 0. The van der Waals surface area contributed by atoms with E-state index in [9.17, 15) is 9.59 Å². The first kappa shape index (κ1) is 22.5. The number of imidazole rings is 1. The molecule has 0 radical (unpaired) electrons. The predicted molar refractivity (Wildman–Crippen MR) is 135 cm³/mol. The van der Waals surface area contributed by atoms with Gasteiger partial charge in [0.15, 0.2) is 0 Å². The lowest BCUT2D eigenvalue weighted by atomic mass is 10.2. The number of hydrogen-bond acceptors (Lipinski definition) is 4. The smallest absolute Gasteiger partial charge is 0.321 e. The Hall–Kier alpha value is -4.33. The molecule has 1 fully saturated rings. The van der Waals surface area contributed by atoms with Crippen molar-refractivity contribution in [2.24, 2.45) is 0 Å². The molecule has 0 spiro atoms. The van der Waals surface area contributed by atoms with Gasteiger partial charge in [0.25, 0.3) is 5.91 Å². The quantitative estimate of drug-likeness (QED) is 0.411. The highest BCUT2D eigenvalue weighted by Crippen LogP contribution is 2.24. The highest BCUT2D eigenvalue weighted by Gasteiger charge is 2.19. The Kier molecular flexibility index (Phi) is 6.34. The Morgan fingerprint density at radius 2 is 1.71 bits per heavy atom. The van der Waals surface area contributed by atoms with Crippen LogP contribution in [-0.4, -0.2) is 39.3 Å². The maximum Gasteiger partial charge on any atom is 0.321 e. The minimum absolute atomic E-state index is 0.151. The van der Waals surface area contributed by atoms with E-state index < -0.39 is 0 Å². The fourth-order valence-electron chi connectivity index (χ4n) is 4.12. The van der Waals surface area contributed by atoms with Gasteiger partial charge < -0.3 is 24.7 Å². The summed E-state index contributed by atoms with van der Waals surface area (Å²) < 4.78 is 7.88. The molecule has 2 aromatic heterocycles. The van der Waals surface area contributed by atoms with Gasteiger partial charge in [-0.15, -0.1) is 0 Å². The Labute approximate surface area is 203 Å². The fraction of sp³-hybridized carbons (Fsp3) is 0.222. The lowest BCUT2D eigenvalue weighted by Gasteiger charge is -2.18. The van der Waals surface area contributed by atoms with Gasteiger partial charge in [-0.25, -0.2) is 9.78 Å². The van der Waals surface area contributed by atoms with E-state index in [4.69, 9.17) is 4.74 Å². The van der Waals surface area contributed by atoms with Crippen LogP contribution in [0.5, 0.6) is 5.75 Å². The third kappa shape index (κ3) is 5.27. The normalized spacial score (nSPS) is 13.1. The molecule has 3 heterocycles. The van der Waals surface area contributed by atoms with Crippen molar-refractivity contribution in [3.8, 4) is 5.75 Å². The summed E-state index contributed by atoms with van der Waals surface area (Å²) in [6.45, 7) is 3.83. The van der Waals surface area contributed by atoms with Gasteiger partial charge in [-0.3, -0.25) is 4.79 Å². The van der Waals surface area contributed by atoms with E-state index in [-0.39, 0.29) is 18.5 Å². The molecule has 0 aliphatic carbocycles. The highest BCUT2D eigenvalue weighted by molar-refractivity contribution is 6.07. The molecule has 0 unspecified atom stereocenters. The summed E-state index contributed by atoms with van der Waals surface area (Å²) in [5.74, 6) is 0.281. The van der Waals surface area contributed by atoms with Crippen molar-refractivity contribution in [3.63, 3.8) is 0 Å². The van der Waals surface area contributed by atoms with Crippen molar-refractivity contribution >= 4 is 29.0 Å². The number of likely N-dealkylation sites (tertiary alicyclic amines) is 1. The highest BCUT2D eigenvalue weighted by atomic mass is 16.5. The topological polar surface area (TPSA) is 88.0 Å². The number of hydrogen-bond donors (Lipinski definition) is 2. The van der Waals surface area contributed by atoms with Crippen LogP contribution in [0, 0.1) is 6.92 Å². The zero-order chi connectivity index (χ0) is 24.2. The molecule has 178 valence electrons. The fourth-order valence-corrected chi connectivity index (χ4v) is 4.12. The first-order valence-electron chi connectivity index (χ1n) is 11.7. The molecule has 2 aromatic carbocycles. The van der Waals surface area contributed by atoms with Crippen molar-refractivity contribution in [3.05, 3.63) is 89.9 Å². The second-order valence-corrected chi connectivity index (χ2v) is 8.64. The van der Waals surface area contributed by atoms with Gasteiger partial charge >= 0.3 is 6.03 Å². The maximum atomic E-state index is 13.0. The number of carbonyl (C=O) groups is 2. The predicted octanol–water partition coefficient (Wildman–Crippen LogP) is 5.10. The van der Waals surface area contributed by atoms with E-state index in [0.717, 1.165) is 42.8 Å². The van der Waals surface area contributed by atoms with Gasteiger partial charge in [0.2, 0.25) is 0 Å². The maximum absolute atomic E-state index is 13.0. The third-order valence-corrected chi connectivity index (χ3v) is 5.94. The number of benzene rings is 2. The monoisotopic (exact) mass is 469 g/mol. The Morgan fingerprint density at radius 1 is 0.943 bits per heavy atom. The standard InChI is InChI=1S/C27H27N5O3/c1-19-11-12-25-28-21(17-32(25)16-19)18-35-22-8-6-7-20(15-22)26(33)29-23-9-2-3-10-24(23)30-27(34)31-13-4-5-14-31/h2-3,6-12,15-17H,4-5,13-14,18H2,1H3,(H,29,33)(H,30,34). The number of nitrogens with one attached hydrogen (secondary N) is 2. The summed E-state index contributed by atoms with van der Waals surface area (Å²) in [4.78, 5) is 31.8. The Morgan fingerprint density at radius 3 is 2.51 bits per heavy atom. The number of ether oxygens (including phenoxy) is 1. The molecule has 1 aliphatic heterocycles. The van der Waals surface area contributed by atoms with E-state index in [2.05, 4.69) is 15.6 Å². The summed E-state index contributed by atoms with van der Waals surface area (Å²) >= 11 is 0. The molecule has 5 rings (SSSR count). The van der Waals surface area contributed by atoms with Crippen LogP contribution in [0.4, 0.5) is 16.2 Å². The number of urea groups is 1. The molecule has 0 bridgehead atoms. The minimum Gasteiger partial charge on any atom is -0.487 e. The van der Waals surface area contributed by atoms with E-state index in [1.54, 1.807) is 41.3 Å². The SMILES string of the molecule is Cc1ccc2nc(COc3cccc(C(=O)Nc4ccccc4NC(=O)N4CCCC4)c3)cn2c1. The van der Waals surface area contributed by atoms with Crippen LogP contribution in [0.25, 0.3) is 5.65 Å². The van der Waals surface area contributed by atoms with E-state index in [1.807, 2.05) is 48.0 Å². The number of pyridine rings is 1. The van der Waals surface area contributed by atoms with E-state index in [0.29, 0.717) is 22.7 Å². The number of aromatic nitrogens is 2. The molecular weight excluding hydrogens is 442 g/mol. The van der Waals surface area contributed by atoms with Gasteiger partial charge in [-0.2, -0.15) is 0 Å². The summed E-state index contributed by atoms with van der Waals surface area (Å²) in [6.07, 6.45) is 5.98. The molecule has 8 heteroatoms. The number of amides is 3. The molecule has 4 aromatic rings. The first-order valence-corrected chi connectivity index (χ1v) is 11.7. The van der Waals surface area contributed by atoms with Crippen LogP contribution in [0.15, 0.2) is 73.1 Å². The molecule has 2 N–H and O–H groups in total. The summed E-state index contributed by atoms with van der Waals surface area (Å²) in [5.41, 5.74) is 4.36. The van der Waals surface area contributed by atoms with Crippen LogP contribution < -0.4 is 15.4 Å². The van der Waals surface area contributed by atoms with Crippen LogP contribution >= 0.6 is 0 Å². The van der Waals surface area contributed by atoms with Gasteiger partial charge in [0, 0.05) is 31.0 Å². The zero-order valence-electron chi connectivity index (χ0n) is 19.5. The van der Waals surface area contributed by atoms with Crippen LogP contribution in [0.1, 0.15) is 34.5 Å². The number of anilines is 2. The minimum atomic E-state index is -0.290. The lowest BCUT2D eigenvalue weighted by molar-refractivity contribution is 0.102. The lowest BCUT2D eigenvalue weighted by Crippen LogP contribution is -2.32.